The van der Waals surface area contributed by atoms with Gasteiger partial charge in [-0.3, -0.25) is 0 Å². The van der Waals surface area contributed by atoms with E-state index in [0.717, 1.165) is 51.7 Å². The molecule has 0 aliphatic heterocycles. The van der Waals surface area contributed by atoms with E-state index in [1.807, 2.05) is 39.8 Å². The van der Waals surface area contributed by atoms with E-state index in [0.29, 0.717) is 26.4 Å². The molecule has 0 fully saturated rings. The fourth-order valence-corrected chi connectivity index (χ4v) is 5.39. The third-order valence-corrected chi connectivity index (χ3v) is 6.63. The van der Waals surface area contributed by atoms with E-state index in [2.05, 4.69) is 49.6 Å². The summed E-state index contributed by atoms with van der Waals surface area (Å²) in [5, 5.41) is 0. The van der Waals surface area contributed by atoms with Gasteiger partial charge < -0.3 is 18.9 Å². The van der Waals surface area contributed by atoms with Crippen LogP contribution in [0.2, 0.25) is 0 Å². The van der Waals surface area contributed by atoms with Crippen molar-refractivity contribution in [2.45, 2.75) is 46.0 Å². The highest BCUT2D eigenvalue weighted by molar-refractivity contribution is 5.82. The maximum Gasteiger partial charge on any atom is 0.165 e. The van der Waals surface area contributed by atoms with Crippen LogP contribution in [0, 0.1) is 0 Å². The Morgan fingerprint density at radius 3 is 1.37 bits per heavy atom. The van der Waals surface area contributed by atoms with Gasteiger partial charge in [0.1, 0.15) is 11.5 Å². The van der Waals surface area contributed by atoms with Crippen LogP contribution in [-0.2, 0) is 18.9 Å². The van der Waals surface area contributed by atoms with Crippen LogP contribution in [0.3, 0.4) is 0 Å². The lowest BCUT2D eigenvalue weighted by Crippen LogP contribution is -2.11. The number of hydrogen-bond donors (Lipinski definition) is 0. The summed E-state index contributed by atoms with van der Waals surface area (Å²) in [7, 11) is 0. The second-order valence-corrected chi connectivity index (χ2v) is 8.49. The van der Waals surface area contributed by atoms with Crippen molar-refractivity contribution in [1.29, 1.82) is 0 Å². The average molecular weight is 473 g/mol. The summed E-state index contributed by atoms with van der Waals surface area (Å²) in [5.41, 5.74) is 6.70. The minimum Gasteiger partial charge on any atom is -0.494 e. The normalized spacial score (nSPS) is 18.3. The van der Waals surface area contributed by atoms with Gasteiger partial charge in [0.25, 0.3) is 0 Å². The number of allylic oxidation sites excluding steroid dienone is 2. The van der Waals surface area contributed by atoms with Crippen LogP contribution >= 0.6 is 0 Å². The first-order valence-electron chi connectivity index (χ1n) is 12.7. The lowest BCUT2D eigenvalue weighted by atomic mass is 9.85. The topological polar surface area (TPSA) is 36.9 Å². The average Bonchev–Trinajstić information content (AvgIpc) is 3.33. The second kappa shape index (κ2) is 10.9. The van der Waals surface area contributed by atoms with Gasteiger partial charge in [0.15, 0.2) is 11.5 Å². The number of benzene rings is 2. The molecule has 2 aromatic rings. The van der Waals surface area contributed by atoms with Gasteiger partial charge in [-0.15, -0.1) is 0 Å². The van der Waals surface area contributed by atoms with Crippen molar-refractivity contribution in [3.8, 4) is 0 Å². The lowest BCUT2D eigenvalue weighted by Gasteiger charge is -2.23. The highest BCUT2D eigenvalue weighted by Gasteiger charge is 2.42. The molecule has 0 saturated heterocycles. The van der Waals surface area contributed by atoms with Gasteiger partial charge in [-0.05, 0) is 56.4 Å². The van der Waals surface area contributed by atoms with Crippen LogP contribution in [0.25, 0.3) is 23.7 Å². The smallest absolute Gasteiger partial charge is 0.165 e. The molecule has 0 N–H and O–H groups in total. The van der Waals surface area contributed by atoms with Crippen molar-refractivity contribution in [2.24, 2.45) is 0 Å². The quantitative estimate of drug-likeness (QED) is 0.317. The minimum absolute atomic E-state index is 0.0214. The van der Waals surface area contributed by atoms with Gasteiger partial charge in [-0.1, -0.05) is 61.7 Å². The molecule has 35 heavy (non-hydrogen) atoms. The Hall–Kier alpha value is -3.40. The van der Waals surface area contributed by atoms with E-state index < -0.39 is 0 Å². The fraction of sp³-hybridized carbons (Fsp3) is 0.355. The summed E-state index contributed by atoms with van der Waals surface area (Å²) < 4.78 is 25.0. The van der Waals surface area contributed by atoms with Crippen LogP contribution in [0.15, 0.2) is 61.1 Å². The lowest BCUT2D eigenvalue weighted by molar-refractivity contribution is 0.175. The highest BCUT2D eigenvalue weighted by atomic mass is 16.5. The van der Waals surface area contributed by atoms with Crippen LogP contribution in [0.4, 0.5) is 0 Å². The Morgan fingerprint density at radius 2 is 1.03 bits per heavy atom. The van der Waals surface area contributed by atoms with Gasteiger partial charge in [0, 0.05) is 23.0 Å². The fourth-order valence-electron chi connectivity index (χ4n) is 5.39. The predicted octanol–water partition coefficient (Wildman–Crippen LogP) is 7.74. The minimum atomic E-state index is 0.0214. The predicted molar refractivity (Wildman–Crippen MR) is 144 cm³/mol. The summed E-state index contributed by atoms with van der Waals surface area (Å²) in [4.78, 5) is 0. The highest BCUT2D eigenvalue weighted by Crippen LogP contribution is 2.54. The largest absolute Gasteiger partial charge is 0.494 e. The van der Waals surface area contributed by atoms with Crippen molar-refractivity contribution in [3.05, 3.63) is 94.5 Å². The monoisotopic (exact) mass is 472 g/mol. The Kier molecular flexibility index (Phi) is 7.70. The molecule has 0 bridgehead atoms. The van der Waals surface area contributed by atoms with Crippen LogP contribution < -0.4 is 0 Å². The number of rotatable bonds is 12. The van der Waals surface area contributed by atoms with E-state index in [-0.39, 0.29) is 11.8 Å². The first kappa shape index (κ1) is 24.7. The standard InChI is InChI=1S/C31H36O4/c1-7-20-15-13-17-22-24(28(32-9-3)30(26(20)22)34-11-5)19-25-23-18-14-16-21(8-2)27(23)31(35-12-6)29(25)33-10-4/h7-8,13-18,24-25H,1-2,9-12,19H2,3-6H3. The van der Waals surface area contributed by atoms with Crippen molar-refractivity contribution >= 4 is 23.7 Å². The molecular weight excluding hydrogens is 436 g/mol. The zero-order chi connectivity index (χ0) is 24.9. The molecule has 4 rings (SSSR count). The van der Waals surface area contributed by atoms with E-state index in [1.54, 1.807) is 0 Å². The number of fused-ring (bicyclic) bond motifs is 2. The zero-order valence-electron chi connectivity index (χ0n) is 21.4. The molecule has 2 aliphatic carbocycles. The molecule has 2 aliphatic rings. The van der Waals surface area contributed by atoms with E-state index in [1.165, 1.54) is 11.1 Å². The van der Waals surface area contributed by atoms with Crippen molar-refractivity contribution in [1.82, 2.24) is 0 Å². The summed E-state index contributed by atoms with van der Waals surface area (Å²) in [6, 6.07) is 12.7. The first-order chi connectivity index (χ1) is 17.1. The van der Waals surface area contributed by atoms with Gasteiger partial charge in [0.2, 0.25) is 0 Å². The van der Waals surface area contributed by atoms with E-state index in [9.17, 15) is 0 Å². The zero-order valence-corrected chi connectivity index (χ0v) is 21.4. The van der Waals surface area contributed by atoms with E-state index >= 15 is 0 Å². The molecule has 0 radical (unpaired) electrons. The summed E-state index contributed by atoms with van der Waals surface area (Å²) in [5.74, 6) is 3.48. The molecule has 0 heterocycles. The Morgan fingerprint density at radius 1 is 0.629 bits per heavy atom. The van der Waals surface area contributed by atoms with Gasteiger partial charge >= 0.3 is 0 Å². The third kappa shape index (κ3) is 4.27. The Labute approximate surface area is 209 Å². The Balaban J connectivity index is 1.88. The molecule has 184 valence electrons. The molecule has 0 spiro atoms. The van der Waals surface area contributed by atoms with Crippen LogP contribution in [-0.4, -0.2) is 26.4 Å². The number of hydrogen-bond acceptors (Lipinski definition) is 4. The van der Waals surface area contributed by atoms with E-state index in [4.69, 9.17) is 18.9 Å². The molecule has 2 atom stereocenters. The van der Waals surface area contributed by atoms with Gasteiger partial charge in [-0.25, -0.2) is 0 Å². The Bertz CT molecular complexity index is 1080. The molecule has 0 saturated carbocycles. The molecular formula is C31H36O4. The number of ether oxygens (including phenoxy) is 4. The van der Waals surface area contributed by atoms with Gasteiger partial charge in [-0.2, -0.15) is 0 Å². The molecule has 0 amide bonds. The van der Waals surface area contributed by atoms with Crippen molar-refractivity contribution < 1.29 is 18.9 Å². The molecule has 0 aromatic heterocycles. The molecule has 4 heteroatoms. The molecule has 2 aromatic carbocycles. The van der Waals surface area contributed by atoms with Crippen LogP contribution in [0.1, 0.15) is 79.3 Å². The SMILES string of the molecule is C=Cc1cccc2c1C(OCC)=C(OCC)C2CC1C(OCC)=C(OCC)c2c(C=C)cccc21. The van der Waals surface area contributed by atoms with Crippen molar-refractivity contribution in [3.63, 3.8) is 0 Å². The van der Waals surface area contributed by atoms with Crippen LogP contribution in [0.5, 0.6) is 0 Å². The van der Waals surface area contributed by atoms with Gasteiger partial charge in [0.05, 0.1) is 26.4 Å². The summed E-state index contributed by atoms with van der Waals surface area (Å²) in [6.45, 7) is 18.4. The summed E-state index contributed by atoms with van der Waals surface area (Å²) >= 11 is 0. The summed E-state index contributed by atoms with van der Waals surface area (Å²) in [6.07, 6.45) is 4.56. The maximum atomic E-state index is 6.29. The second-order valence-electron chi connectivity index (χ2n) is 8.49. The van der Waals surface area contributed by atoms with Crippen molar-refractivity contribution in [2.75, 3.05) is 26.4 Å². The molecule has 2 unspecified atom stereocenters. The molecule has 4 nitrogen and oxygen atoms in total. The maximum absolute atomic E-state index is 6.29. The first-order valence-corrected chi connectivity index (χ1v) is 12.7. The third-order valence-electron chi connectivity index (χ3n) is 6.63.